The first kappa shape index (κ1) is 13.3. The first-order valence-electron chi connectivity index (χ1n) is 4.99. The van der Waals surface area contributed by atoms with E-state index in [9.17, 15) is 22.0 Å². The largest absolute Gasteiger partial charge is 0.491 e. The summed E-state index contributed by atoms with van der Waals surface area (Å²) in [6.45, 7) is 0. The Morgan fingerprint density at radius 2 is 1.68 bits per heavy atom. The summed E-state index contributed by atoms with van der Waals surface area (Å²) >= 11 is 0. The van der Waals surface area contributed by atoms with Crippen LogP contribution in [0.2, 0.25) is 0 Å². The van der Waals surface area contributed by atoms with Crippen LogP contribution < -0.4 is 4.74 Å². The Hall–Kier alpha value is -2.12. The van der Waals surface area contributed by atoms with Gasteiger partial charge in [0, 0.05) is 5.56 Å². The monoisotopic (exact) mass is 278 g/mol. The fraction of sp³-hybridized carbons (Fsp3) is 0.182. The van der Waals surface area contributed by atoms with Crippen molar-refractivity contribution in [2.75, 3.05) is 7.11 Å². The maximum absolute atomic E-state index is 13.4. The highest BCUT2D eigenvalue weighted by atomic mass is 19.4. The van der Waals surface area contributed by atoms with Crippen molar-refractivity contribution < 1.29 is 26.7 Å². The molecule has 2 rings (SSSR count). The molecule has 8 heteroatoms. The minimum atomic E-state index is -4.60. The van der Waals surface area contributed by atoms with Gasteiger partial charge in [0.2, 0.25) is 0 Å². The van der Waals surface area contributed by atoms with Gasteiger partial charge in [-0.1, -0.05) is 0 Å². The first-order chi connectivity index (χ1) is 8.82. The molecule has 0 radical (unpaired) electrons. The van der Waals surface area contributed by atoms with E-state index >= 15 is 0 Å². The lowest BCUT2D eigenvalue weighted by Crippen LogP contribution is -2.04. The maximum atomic E-state index is 13.4. The zero-order valence-corrected chi connectivity index (χ0v) is 9.48. The van der Waals surface area contributed by atoms with Gasteiger partial charge in [0.25, 0.3) is 0 Å². The second-order valence-corrected chi connectivity index (χ2v) is 3.64. The van der Waals surface area contributed by atoms with Crippen LogP contribution in [0.1, 0.15) is 5.69 Å². The minimum Gasteiger partial charge on any atom is -0.491 e. The standard InChI is InChI=1S/C11H7F5N2O/c1-19-10-6(12)2-5(3-7(10)13)8-4-9(18-17-8)11(14,15)16/h2-4H,1H3,(H,17,18). The van der Waals surface area contributed by atoms with Crippen molar-refractivity contribution in [3.8, 4) is 17.0 Å². The van der Waals surface area contributed by atoms with Crippen molar-refractivity contribution in [1.29, 1.82) is 0 Å². The summed E-state index contributed by atoms with van der Waals surface area (Å²) in [7, 11) is 1.08. The molecule has 0 saturated carbocycles. The van der Waals surface area contributed by atoms with Gasteiger partial charge in [0.05, 0.1) is 12.8 Å². The zero-order chi connectivity index (χ0) is 14.2. The molecule has 0 aliphatic carbocycles. The molecular formula is C11H7F5N2O. The Morgan fingerprint density at radius 1 is 1.11 bits per heavy atom. The number of H-pyrrole nitrogens is 1. The Morgan fingerprint density at radius 3 is 2.11 bits per heavy atom. The number of aromatic nitrogens is 2. The third-order valence-corrected chi connectivity index (χ3v) is 2.38. The molecule has 3 nitrogen and oxygen atoms in total. The van der Waals surface area contributed by atoms with Gasteiger partial charge in [0.1, 0.15) is 5.69 Å². The highest BCUT2D eigenvalue weighted by Crippen LogP contribution is 2.32. The molecule has 0 spiro atoms. The number of methoxy groups -OCH3 is 1. The molecule has 0 saturated heterocycles. The van der Waals surface area contributed by atoms with Crippen LogP contribution in [-0.4, -0.2) is 17.3 Å². The SMILES string of the molecule is COc1c(F)cc(-c2cc(C(F)(F)F)[nH]n2)cc1F. The maximum Gasteiger partial charge on any atom is 0.432 e. The van der Waals surface area contributed by atoms with Gasteiger partial charge in [-0.2, -0.15) is 18.3 Å². The molecule has 19 heavy (non-hydrogen) atoms. The molecule has 0 aliphatic heterocycles. The van der Waals surface area contributed by atoms with Crippen molar-refractivity contribution in [2.24, 2.45) is 0 Å². The molecule has 0 unspecified atom stereocenters. The smallest absolute Gasteiger partial charge is 0.432 e. The van der Waals surface area contributed by atoms with Crippen LogP contribution in [0.3, 0.4) is 0 Å². The number of benzene rings is 1. The van der Waals surface area contributed by atoms with E-state index in [1.165, 1.54) is 0 Å². The van der Waals surface area contributed by atoms with Gasteiger partial charge in [-0.05, 0) is 18.2 Å². The lowest BCUT2D eigenvalue weighted by molar-refractivity contribution is -0.141. The molecule has 0 aliphatic rings. The summed E-state index contributed by atoms with van der Waals surface area (Å²) < 4.78 is 68.4. The first-order valence-corrected chi connectivity index (χ1v) is 4.99. The van der Waals surface area contributed by atoms with Gasteiger partial charge < -0.3 is 4.74 Å². The third kappa shape index (κ3) is 2.51. The van der Waals surface area contributed by atoms with Crippen molar-refractivity contribution in [3.63, 3.8) is 0 Å². The average molecular weight is 278 g/mol. The lowest BCUT2D eigenvalue weighted by atomic mass is 10.1. The van der Waals surface area contributed by atoms with Crippen LogP contribution >= 0.6 is 0 Å². The van der Waals surface area contributed by atoms with E-state index in [1.54, 1.807) is 5.10 Å². The summed E-state index contributed by atoms with van der Waals surface area (Å²) in [5, 5.41) is 5.13. The van der Waals surface area contributed by atoms with E-state index in [-0.39, 0.29) is 11.3 Å². The number of aromatic amines is 1. The molecule has 0 bridgehead atoms. The van der Waals surface area contributed by atoms with Gasteiger partial charge in [-0.15, -0.1) is 0 Å². The number of hydrogen-bond donors (Lipinski definition) is 1. The van der Waals surface area contributed by atoms with E-state index in [1.807, 2.05) is 0 Å². The van der Waals surface area contributed by atoms with Gasteiger partial charge in [0.15, 0.2) is 17.4 Å². The second-order valence-electron chi connectivity index (χ2n) is 3.64. The Kier molecular flexibility index (Phi) is 3.17. The molecule has 102 valence electrons. The molecule has 0 fully saturated rings. The number of nitrogens with one attached hydrogen (secondary N) is 1. The number of nitrogens with zero attached hydrogens (tertiary/aromatic N) is 1. The summed E-state index contributed by atoms with van der Waals surface area (Å²) in [5.74, 6) is -2.64. The highest BCUT2D eigenvalue weighted by molar-refractivity contribution is 5.61. The van der Waals surface area contributed by atoms with Crippen LogP contribution in [0, 0.1) is 11.6 Å². The third-order valence-electron chi connectivity index (χ3n) is 2.38. The summed E-state index contributed by atoms with van der Waals surface area (Å²) in [4.78, 5) is 0. The van der Waals surface area contributed by atoms with Crippen LogP contribution in [-0.2, 0) is 6.18 Å². The van der Waals surface area contributed by atoms with E-state index < -0.39 is 29.3 Å². The fourth-order valence-corrected chi connectivity index (χ4v) is 1.52. The molecular weight excluding hydrogens is 271 g/mol. The van der Waals surface area contributed by atoms with Crippen molar-refractivity contribution >= 4 is 0 Å². The zero-order valence-electron chi connectivity index (χ0n) is 9.48. The quantitative estimate of drug-likeness (QED) is 0.855. The van der Waals surface area contributed by atoms with Crippen LogP contribution in [0.4, 0.5) is 22.0 Å². The van der Waals surface area contributed by atoms with E-state index in [0.29, 0.717) is 6.07 Å². The average Bonchev–Trinajstić information content (AvgIpc) is 2.77. The second kappa shape index (κ2) is 4.52. The van der Waals surface area contributed by atoms with Crippen LogP contribution in [0.5, 0.6) is 5.75 Å². The predicted octanol–water partition coefficient (Wildman–Crippen LogP) is 3.38. The van der Waals surface area contributed by atoms with Crippen LogP contribution in [0.15, 0.2) is 18.2 Å². The molecule has 1 heterocycles. The topological polar surface area (TPSA) is 37.9 Å². The number of rotatable bonds is 2. The van der Waals surface area contributed by atoms with E-state index in [2.05, 4.69) is 9.84 Å². The fourth-order valence-electron chi connectivity index (χ4n) is 1.52. The van der Waals surface area contributed by atoms with Crippen LogP contribution in [0.25, 0.3) is 11.3 Å². The number of alkyl halides is 3. The van der Waals surface area contributed by atoms with Crippen molar-refractivity contribution in [2.45, 2.75) is 6.18 Å². The summed E-state index contributed by atoms with van der Waals surface area (Å²) in [6, 6.07) is 2.36. The Balaban J connectivity index is 2.46. The van der Waals surface area contributed by atoms with Crippen molar-refractivity contribution in [3.05, 3.63) is 35.5 Å². The number of hydrogen-bond acceptors (Lipinski definition) is 2. The van der Waals surface area contributed by atoms with Crippen molar-refractivity contribution in [1.82, 2.24) is 10.2 Å². The predicted molar refractivity (Wildman–Crippen MR) is 55.5 cm³/mol. The molecule has 0 atom stereocenters. The molecule has 1 aromatic heterocycles. The number of halogens is 5. The van der Waals surface area contributed by atoms with Gasteiger partial charge in [-0.3, -0.25) is 5.10 Å². The molecule has 0 amide bonds. The van der Waals surface area contributed by atoms with Gasteiger partial charge >= 0.3 is 6.18 Å². The molecule has 1 aromatic carbocycles. The summed E-state index contributed by atoms with van der Waals surface area (Å²) in [6.07, 6.45) is -4.60. The van der Waals surface area contributed by atoms with E-state index in [0.717, 1.165) is 19.2 Å². The highest BCUT2D eigenvalue weighted by Gasteiger charge is 2.33. The Labute approximate surface area is 104 Å². The molecule has 1 N–H and O–H groups in total. The molecule has 2 aromatic rings. The normalized spacial score (nSPS) is 11.7. The van der Waals surface area contributed by atoms with E-state index in [4.69, 9.17) is 0 Å². The lowest BCUT2D eigenvalue weighted by Gasteiger charge is -2.05. The van der Waals surface area contributed by atoms with Gasteiger partial charge in [-0.25, -0.2) is 8.78 Å². The summed E-state index contributed by atoms with van der Waals surface area (Å²) in [5.41, 5.74) is -1.44. The minimum absolute atomic E-state index is 0.123. The Bertz CT molecular complexity index is 582. The number of ether oxygens (including phenoxy) is 1.